The van der Waals surface area contributed by atoms with E-state index < -0.39 is 0 Å². The third-order valence-electron chi connectivity index (χ3n) is 5.91. The van der Waals surface area contributed by atoms with E-state index in [1.165, 1.54) is 19.3 Å². The molecule has 0 atom stereocenters. The number of nitrogens with one attached hydrogen (secondary N) is 1. The van der Waals surface area contributed by atoms with Crippen LogP contribution in [-0.2, 0) is 17.6 Å². The molecule has 0 spiro atoms. The van der Waals surface area contributed by atoms with Crippen LogP contribution in [0, 0.1) is 0 Å². The molecule has 7 heteroatoms. The molecule has 0 radical (unpaired) electrons. The summed E-state index contributed by atoms with van der Waals surface area (Å²) in [5.74, 6) is 0.704. The van der Waals surface area contributed by atoms with E-state index in [2.05, 4.69) is 15.3 Å². The van der Waals surface area contributed by atoms with E-state index in [9.17, 15) is 4.79 Å². The van der Waals surface area contributed by atoms with Crippen LogP contribution in [0.4, 0.5) is 4.79 Å². The number of aromatic nitrogens is 2. The van der Waals surface area contributed by atoms with E-state index in [0.717, 1.165) is 62.9 Å². The Hall–Kier alpha value is -1.89. The van der Waals surface area contributed by atoms with Crippen LogP contribution in [0.5, 0.6) is 5.88 Å². The lowest BCUT2D eigenvalue weighted by molar-refractivity contribution is 0.104. The zero-order chi connectivity index (χ0) is 18.5. The van der Waals surface area contributed by atoms with Crippen molar-refractivity contribution in [2.24, 2.45) is 0 Å². The van der Waals surface area contributed by atoms with Crippen molar-refractivity contribution in [3.05, 3.63) is 17.6 Å². The molecule has 3 aliphatic rings. The van der Waals surface area contributed by atoms with Gasteiger partial charge in [0.2, 0.25) is 5.88 Å². The van der Waals surface area contributed by atoms with E-state index in [1.807, 2.05) is 4.90 Å². The molecule has 3 heterocycles. The molecule has 2 aliphatic heterocycles. The summed E-state index contributed by atoms with van der Waals surface area (Å²) in [5.41, 5.74) is 2.13. The Kier molecular flexibility index (Phi) is 6.07. The molecule has 0 unspecified atom stereocenters. The number of nitrogens with zero attached hydrogens (tertiary/aromatic N) is 3. The lowest BCUT2D eigenvalue weighted by atomic mass is 9.96. The number of carbonyl (C=O) groups excluding carboxylic acids is 1. The quantitative estimate of drug-likeness (QED) is 0.880. The molecule has 1 aromatic rings. The fourth-order valence-corrected chi connectivity index (χ4v) is 4.29. The number of fused-ring (bicyclic) bond motifs is 1. The van der Waals surface area contributed by atoms with Crippen LogP contribution in [0.15, 0.2) is 6.33 Å². The number of rotatable bonds is 3. The topological polar surface area (TPSA) is 76.6 Å². The van der Waals surface area contributed by atoms with Crippen LogP contribution in [0.25, 0.3) is 0 Å². The van der Waals surface area contributed by atoms with Gasteiger partial charge in [0.15, 0.2) is 0 Å². The third kappa shape index (κ3) is 4.69. The minimum absolute atomic E-state index is 0.0911. The number of carbonyl (C=O) groups is 1. The summed E-state index contributed by atoms with van der Waals surface area (Å²) in [7, 11) is 0. The normalized spacial score (nSPS) is 22.0. The molecule has 7 nitrogen and oxygen atoms in total. The maximum absolute atomic E-state index is 12.5. The highest BCUT2D eigenvalue weighted by Crippen LogP contribution is 2.25. The number of ether oxygens (including phenoxy) is 2. The Bertz CT molecular complexity index is 640. The Morgan fingerprint density at radius 2 is 1.85 bits per heavy atom. The summed E-state index contributed by atoms with van der Waals surface area (Å²) in [6, 6.07) is 0.451. The molecule has 0 aromatic carbocycles. The SMILES string of the molecule is O=C(NC1CCCCC1)N1CCC(Oc2ncnc3c2CCOCC3)CC1. The van der Waals surface area contributed by atoms with E-state index >= 15 is 0 Å². The van der Waals surface area contributed by atoms with Gasteiger partial charge in [-0.15, -0.1) is 0 Å². The second-order valence-corrected chi connectivity index (χ2v) is 7.81. The van der Waals surface area contributed by atoms with Gasteiger partial charge in [0.1, 0.15) is 12.4 Å². The van der Waals surface area contributed by atoms with Gasteiger partial charge in [0, 0.05) is 50.4 Å². The number of urea groups is 1. The summed E-state index contributed by atoms with van der Waals surface area (Å²) in [4.78, 5) is 23.2. The van der Waals surface area contributed by atoms with Crippen molar-refractivity contribution in [2.75, 3.05) is 26.3 Å². The van der Waals surface area contributed by atoms with Crippen molar-refractivity contribution < 1.29 is 14.3 Å². The molecule has 4 rings (SSSR count). The summed E-state index contributed by atoms with van der Waals surface area (Å²) in [6.07, 6.45) is 11.0. The van der Waals surface area contributed by atoms with Gasteiger partial charge >= 0.3 is 6.03 Å². The highest BCUT2D eigenvalue weighted by Gasteiger charge is 2.27. The molecular formula is C20H30N4O3. The molecule has 1 aliphatic carbocycles. The van der Waals surface area contributed by atoms with E-state index in [-0.39, 0.29) is 12.1 Å². The molecule has 2 amide bonds. The minimum atomic E-state index is 0.0911. The molecule has 148 valence electrons. The molecular weight excluding hydrogens is 344 g/mol. The summed E-state index contributed by atoms with van der Waals surface area (Å²) < 4.78 is 11.8. The second kappa shape index (κ2) is 8.87. The molecule has 1 saturated carbocycles. The van der Waals surface area contributed by atoms with Crippen molar-refractivity contribution in [1.29, 1.82) is 0 Å². The highest BCUT2D eigenvalue weighted by molar-refractivity contribution is 5.74. The van der Waals surface area contributed by atoms with Gasteiger partial charge in [-0.2, -0.15) is 0 Å². The zero-order valence-electron chi connectivity index (χ0n) is 16.0. The van der Waals surface area contributed by atoms with E-state index in [0.29, 0.717) is 25.1 Å². The van der Waals surface area contributed by atoms with Gasteiger partial charge in [-0.05, 0) is 12.8 Å². The highest BCUT2D eigenvalue weighted by atomic mass is 16.5. The van der Waals surface area contributed by atoms with Gasteiger partial charge in [0.05, 0.1) is 18.9 Å². The monoisotopic (exact) mass is 374 g/mol. The average Bonchev–Trinajstić information content (AvgIpc) is 2.96. The van der Waals surface area contributed by atoms with Crippen molar-refractivity contribution in [2.45, 2.75) is 69.9 Å². The summed E-state index contributed by atoms with van der Waals surface area (Å²) in [5, 5.41) is 3.21. The van der Waals surface area contributed by atoms with E-state index in [1.54, 1.807) is 6.33 Å². The fourth-order valence-electron chi connectivity index (χ4n) is 4.29. The van der Waals surface area contributed by atoms with Crippen molar-refractivity contribution in [3.8, 4) is 5.88 Å². The Morgan fingerprint density at radius 1 is 1.07 bits per heavy atom. The number of hydrogen-bond donors (Lipinski definition) is 1. The van der Waals surface area contributed by atoms with Crippen LogP contribution < -0.4 is 10.1 Å². The maximum atomic E-state index is 12.5. The molecule has 2 fully saturated rings. The first kappa shape index (κ1) is 18.5. The van der Waals surface area contributed by atoms with Crippen molar-refractivity contribution in [3.63, 3.8) is 0 Å². The van der Waals surface area contributed by atoms with Crippen LogP contribution in [0.3, 0.4) is 0 Å². The standard InChI is InChI=1S/C20H30N4O3/c25-20(23-15-4-2-1-3-5-15)24-10-6-16(7-11-24)27-19-17-8-12-26-13-9-18(17)21-14-22-19/h14-16H,1-13H2,(H,23,25). The van der Waals surface area contributed by atoms with Gasteiger partial charge in [-0.1, -0.05) is 19.3 Å². The first-order valence-electron chi connectivity index (χ1n) is 10.4. The largest absolute Gasteiger partial charge is 0.474 e. The zero-order valence-corrected chi connectivity index (χ0v) is 16.0. The number of likely N-dealkylation sites (tertiary alicyclic amines) is 1. The van der Waals surface area contributed by atoms with Crippen molar-refractivity contribution in [1.82, 2.24) is 20.2 Å². The van der Waals surface area contributed by atoms with Gasteiger partial charge in [-0.3, -0.25) is 0 Å². The predicted octanol–water partition coefficient (Wildman–Crippen LogP) is 2.48. The summed E-state index contributed by atoms with van der Waals surface area (Å²) in [6.45, 7) is 2.87. The first-order valence-corrected chi connectivity index (χ1v) is 10.4. The molecule has 1 N–H and O–H groups in total. The van der Waals surface area contributed by atoms with E-state index in [4.69, 9.17) is 9.47 Å². The maximum Gasteiger partial charge on any atom is 0.317 e. The lowest BCUT2D eigenvalue weighted by Gasteiger charge is -2.34. The van der Waals surface area contributed by atoms with Gasteiger partial charge in [-0.25, -0.2) is 14.8 Å². The third-order valence-corrected chi connectivity index (χ3v) is 5.91. The minimum Gasteiger partial charge on any atom is -0.474 e. The smallest absolute Gasteiger partial charge is 0.317 e. The molecule has 0 bridgehead atoms. The molecule has 1 aromatic heterocycles. The summed E-state index contributed by atoms with van der Waals surface area (Å²) >= 11 is 0. The fraction of sp³-hybridized carbons (Fsp3) is 0.750. The molecule has 27 heavy (non-hydrogen) atoms. The van der Waals surface area contributed by atoms with Gasteiger partial charge < -0.3 is 19.7 Å². The lowest BCUT2D eigenvalue weighted by Crippen LogP contribution is -2.49. The van der Waals surface area contributed by atoms with Crippen LogP contribution in [0.2, 0.25) is 0 Å². The first-order chi connectivity index (χ1) is 13.3. The number of hydrogen-bond acceptors (Lipinski definition) is 5. The van der Waals surface area contributed by atoms with Crippen LogP contribution in [-0.4, -0.2) is 59.3 Å². The average molecular weight is 374 g/mol. The van der Waals surface area contributed by atoms with Crippen LogP contribution >= 0.6 is 0 Å². The number of amides is 2. The molecule has 1 saturated heterocycles. The van der Waals surface area contributed by atoms with Crippen LogP contribution in [0.1, 0.15) is 56.2 Å². The predicted molar refractivity (Wildman–Crippen MR) is 101 cm³/mol. The van der Waals surface area contributed by atoms with Crippen molar-refractivity contribution >= 4 is 6.03 Å². The second-order valence-electron chi connectivity index (χ2n) is 7.81. The Labute approximate surface area is 160 Å². The Morgan fingerprint density at radius 3 is 2.67 bits per heavy atom. The number of piperidine rings is 1. The Balaban J connectivity index is 1.29. The van der Waals surface area contributed by atoms with Gasteiger partial charge in [0.25, 0.3) is 0 Å².